The average Bonchev–Trinajstić information content (AvgIpc) is 3.43. The standard InChI is InChI=1S/C20H20N4O3S/c1-26-16-7-6-13(11-17(16)27-2)15-5-3-10-24(15)20(25)14-12-28-19(23-14)18-21-8-4-9-22-18/h4,6-9,11-12,15H,3,5,10H2,1-2H3/t15-/m0/s1. The number of hydrogen-bond donors (Lipinski definition) is 0. The van der Waals surface area contributed by atoms with E-state index in [-0.39, 0.29) is 11.9 Å². The Bertz CT molecular complexity index is 977. The summed E-state index contributed by atoms with van der Waals surface area (Å²) in [4.78, 5) is 27.9. The second-order valence-corrected chi connectivity index (χ2v) is 7.24. The van der Waals surface area contributed by atoms with E-state index in [0.717, 1.165) is 18.4 Å². The fourth-order valence-electron chi connectivity index (χ4n) is 3.45. The first-order valence-electron chi connectivity index (χ1n) is 8.97. The van der Waals surface area contributed by atoms with E-state index in [4.69, 9.17) is 9.47 Å². The van der Waals surface area contributed by atoms with Gasteiger partial charge in [0, 0.05) is 24.3 Å². The normalized spacial score (nSPS) is 16.2. The van der Waals surface area contributed by atoms with Crippen LogP contribution in [0, 0.1) is 0 Å². The minimum absolute atomic E-state index is 0.00886. The van der Waals surface area contributed by atoms with Crippen LogP contribution in [0.5, 0.6) is 11.5 Å². The summed E-state index contributed by atoms with van der Waals surface area (Å²) in [6, 6.07) is 7.55. The summed E-state index contributed by atoms with van der Waals surface area (Å²) >= 11 is 1.38. The number of aromatic nitrogens is 3. The number of likely N-dealkylation sites (tertiary alicyclic amines) is 1. The van der Waals surface area contributed by atoms with Crippen molar-refractivity contribution < 1.29 is 14.3 Å². The van der Waals surface area contributed by atoms with Crippen molar-refractivity contribution in [1.29, 1.82) is 0 Å². The third-order valence-electron chi connectivity index (χ3n) is 4.79. The summed E-state index contributed by atoms with van der Waals surface area (Å²) in [6.07, 6.45) is 5.18. The van der Waals surface area contributed by atoms with Gasteiger partial charge < -0.3 is 14.4 Å². The molecule has 3 aromatic rings. The first kappa shape index (κ1) is 18.4. The van der Waals surface area contributed by atoms with Gasteiger partial charge in [0.2, 0.25) is 0 Å². The van der Waals surface area contributed by atoms with Crippen molar-refractivity contribution in [2.24, 2.45) is 0 Å². The van der Waals surface area contributed by atoms with E-state index in [0.29, 0.717) is 34.6 Å². The smallest absolute Gasteiger partial charge is 0.273 e. The van der Waals surface area contributed by atoms with Crippen LogP contribution < -0.4 is 9.47 Å². The summed E-state index contributed by atoms with van der Waals surface area (Å²) in [5, 5.41) is 2.42. The Morgan fingerprint density at radius 2 is 1.96 bits per heavy atom. The molecule has 7 nitrogen and oxygen atoms in total. The summed E-state index contributed by atoms with van der Waals surface area (Å²) in [5.41, 5.74) is 1.46. The van der Waals surface area contributed by atoms with Crippen LogP contribution in [0.2, 0.25) is 0 Å². The highest BCUT2D eigenvalue weighted by atomic mass is 32.1. The van der Waals surface area contributed by atoms with Crippen LogP contribution in [0.4, 0.5) is 0 Å². The molecular weight excluding hydrogens is 376 g/mol. The Balaban J connectivity index is 1.58. The number of amides is 1. The van der Waals surface area contributed by atoms with Gasteiger partial charge >= 0.3 is 0 Å². The van der Waals surface area contributed by atoms with Crippen molar-refractivity contribution >= 4 is 17.2 Å². The van der Waals surface area contributed by atoms with E-state index >= 15 is 0 Å². The zero-order chi connectivity index (χ0) is 19.5. The lowest BCUT2D eigenvalue weighted by atomic mass is 10.0. The third kappa shape index (κ3) is 3.43. The molecule has 0 spiro atoms. The maximum atomic E-state index is 13.1. The van der Waals surface area contributed by atoms with Crippen LogP contribution in [0.3, 0.4) is 0 Å². The van der Waals surface area contributed by atoms with E-state index in [9.17, 15) is 4.79 Å². The third-order valence-corrected chi connectivity index (χ3v) is 5.62. The van der Waals surface area contributed by atoms with E-state index in [1.165, 1.54) is 11.3 Å². The molecule has 0 bridgehead atoms. The molecule has 144 valence electrons. The molecule has 0 saturated carbocycles. The molecule has 0 unspecified atom stereocenters. The minimum atomic E-state index is -0.0734. The van der Waals surface area contributed by atoms with Gasteiger partial charge in [0.1, 0.15) is 5.69 Å². The van der Waals surface area contributed by atoms with Gasteiger partial charge in [-0.25, -0.2) is 15.0 Å². The average molecular weight is 396 g/mol. The van der Waals surface area contributed by atoms with Crippen molar-refractivity contribution in [3.63, 3.8) is 0 Å². The monoisotopic (exact) mass is 396 g/mol. The molecule has 1 fully saturated rings. The fraction of sp³-hybridized carbons (Fsp3) is 0.300. The van der Waals surface area contributed by atoms with Crippen LogP contribution in [0.1, 0.15) is 34.9 Å². The SMILES string of the molecule is COc1ccc([C@@H]2CCCN2C(=O)c2csc(-c3ncccn3)n2)cc1OC. The first-order chi connectivity index (χ1) is 13.7. The Morgan fingerprint density at radius 1 is 1.18 bits per heavy atom. The number of carbonyl (C=O) groups excluding carboxylic acids is 1. The van der Waals surface area contributed by atoms with E-state index in [1.54, 1.807) is 38.1 Å². The molecule has 4 rings (SSSR count). The van der Waals surface area contributed by atoms with Crippen molar-refractivity contribution in [1.82, 2.24) is 19.9 Å². The van der Waals surface area contributed by atoms with Crippen LogP contribution in [0.15, 0.2) is 42.0 Å². The maximum absolute atomic E-state index is 13.1. The topological polar surface area (TPSA) is 77.4 Å². The van der Waals surface area contributed by atoms with Gasteiger partial charge in [-0.3, -0.25) is 4.79 Å². The zero-order valence-corrected chi connectivity index (χ0v) is 16.5. The first-order valence-corrected chi connectivity index (χ1v) is 9.85. The van der Waals surface area contributed by atoms with Gasteiger partial charge in [-0.2, -0.15) is 0 Å². The molecule has 3 heterocycles. The number of thiazole rings is 1. The van der Waals surface area contributed by atoms with Gasteiger partial charge in [0.05, 0.1) is 20.3 Å². The van der Waals surface area contributed by atoms with Crippen LogP contribution in [-0.4, -0.2) is 46.5 Å². The molecule has 8 heteroatoms. The predicted octanol–water partition coefficient (Wildman–Crippen LogP) is 3.59. The van der Waals surface area contributed by atoms with Crippen LogP contribution >= 0.6 is 11.3 Å². The molecule has 2 aromatic heterocycles. The Morgan fingerprint density at radius 3 is 2.71 bits per heavy atom. The van der Waals surface area contributed by atoms with Gasteiger partial charge in [-0.05, 0) is 36.6 Å². The molecule has 1 saturated heterocycles. The highest BCUT2D eigenvalue weighted by molar-refractivity contribution is 7.13. The second-order valence-electron chi connectivity index (χ2n) is 6.38. The quantitative estimate of drug-likeness (QED) is 0.656. The molecule has 1 atom stereocenters. The number of ether oxygens (including phenoxy) is 2. The van der Waals surface area contributed by atoms with Gasteiger partial charge in [0.15, 0.2) is 22.3 Å². The zero-order valence-electron chi connectivity index (χ0n) is 15.7. The molecule has 0 N–H and O–H groups in total. The van der Waals surface area contributed by atoms with Crippen molar-refractivity contribution in [2.75, 3.05) is 20.8 Å². The van der Waals surface area contributed by atoms with E-state index in [2.05, 4.69) is 15.0 Å². The Hall–Kier alpha value is -3.00. The highest BCUT2D eigenvalue weighted by Gasteiger charge is 2.32. The van der Waals surface area contributed by atoms with Crippen LogP contribution in [-0.2, 0) is 0 Å². The molecule has 1 aliphatic rings. The highest BCUT2D eigenvalue weighted by Crippen LogP contribution is 2.37. The molecule has 1 aliphatic heterocycles. The lowest BCUT2D eigenvalue weighted by Gasteiger charge is -2.25. The van der Waals surface area contributed by atoms with Crippen molar-refractivity contribution in [3.8, 4) is 22.3 Å². The van der Waals surface area contributed by atoms with E-state index < -0.39 is 0 Å². The number of methoxy groups -OCH3 is 2. The molecule has 0 aliphatic carbocycles. The lowest BCUT2D eigenvalue weighted by Crippen LogP contribution is -2.30. The Labute approximate surface area is 167 Å². The van der Waals surface area contributed by atoms with Gasteiger partial charge in [-0.1, -0.05) is 6.07 Å². The van der Waals surface area contributed by atoms with Crippen molar-refractivity contribution in [2.45, 2.75) is 18.9 Å². The number of hydrogen-bond acceptors (Lipinski definition) is 7. The fourth-order valence-corrected chi connectivity index (χ4v) is 4.19. The predicted molar refractivity (Wildman–Crippen MR) is 106 cm³/mol. The summed E-state index contributed by atoms with van der Waals surface area (Å²) < 4.78 is 10.7. The number of benzene rings is 1. The second kappa shape index (κ2) is 7.93. The summed E-state index contributed by atoms with van der Waals surface area (Å²) in [6.45, 7) is 0.701. The maximum Gasteiger partial charge on any atom is 0.273 e. The van der Waals surface area contributed by atoms with Crippen molar-refractivity contribution in [3.05, 3.63) is 53.3 Å². The van der Waals surface area contributed by atoms with E-state index in [1.807, 2.05) is 23.1 Å². The van der Waals surface area contributed by atoms with Gasteiger partial charge in [-0.15, -0.1) is 11.3 Å². The minimum Gasteiger partial charge on any atom is -0.493 e. The molecule has 1 amide bonds. The molecule has 28 heavy (non-hydrogen) atoms. The lowest BCUT2D eigenvalue weighted by molar-refractivity contribution is 0.0730. The van der Waals surface area contributed by atoms with Gasteiger partial charge in [0.25, 0.3) is 5.91 Å². The number of carbonyl (C=O) groups is 1. The molecular formula is C20H20N4O3S. The molecule has 0 radical (unpaired) electrons. The molecule has 1 aromatic carbocycles. The Kier molecular flexibility index (Phi) is 5.21. The number of rotatable bonds is 5. The summed E-state index contributed by atoms with van der Waals surface area (Å²) in [7, 11) is 3.22. The largest absolute Gasteiger partial charge is 0.493 e. The number of nitrogens with zero attached hydrogens (tertiary/aromatic N) is 4. The van der Waals surface area contributed by atoms with Crippen LogP contribution in [0.25, 0.3) is 10.8 Å². The summed E-state index contributed by atoms with van der Waals surface area (Å²) in [5.74, 6) is 1.80.